The molecule has 12 nitrogen and oxygen atoms in total. The molecule has 0 saturated carbocycles. The Bertz CT molecular complexity index is 1640. The number of hydrogen-bond acceptors (Lipinski definition) is 9. The third kappa shape index (κ3) is 8.36. The summed E-state index contributed by atoms with van der Waals surface area (Å²) in [6.45, 7) is -0.479. The molecule has 0 aliphatic rings. The van der Waals surface area contributed by atoms with Crippen LogP contribution in [-0.4, -0.2) is 53.8 Å². The van der Waals surface area contributed by atoms with Gasteiger partial charge in [0.05, 0.1) is 43.8 Å². The highest BCUT2D eigenvalue weighted by atomic mass is 32.2. The molecular formula is C30H30N4O8S. The predicted molar refractivity (Wildman–Crippen MR) is 159 cm³/mol. The van der Waals surface area contributed by atoms with E-state index in [1.807, 2.05) is 0 Å². The molecule has 3 aromatic carbocycles. The Morgan fingerprint density at radius 1 is 0.884 bits per heavy atom. The van der Waals surface area contributed by atoms with Gasteiger partial charge in [0, 0.05) is 0 Å². The number of anilines is 1. The number of benzene rings is 3. The number of amides is 2. The van der Waals surface area contributed by atoms with E-state index < -0.39 is 22.5 Å². The molecule has 0 unspecified atom stereocenters. The predicted octanol–water partition coefficient (Wildman–Crippen LogP) is 3.34. The molecule has 224 valence electrons. The van der Waals surface area contributed by atoms with Gasteiger partial charge < -0.3 is 23.9 Å². The summed E-state index contributed by atoms with van der Waals surface area (Å²) < 4.78 is 49.3. The van der Waals surface area contributed by atoms with Crippen LogP contribution in [0.3, 0.4) is 0 Å². The Morgan fingerprint density at radius 3 is 2.28 bits per heavy atom. The van der Waals surface area contributed by atoms with Crippen LogP contribution in [0.15, 0.2) is 106 Å². The standard InChI is InChI=1S/C30H30N4O8S/c1-39-23-13-15-26(16-14-23)43(37,38)34(27-7-3-4-8-28(27)40-2)20-29(35)33-32-18-22-9-11-24(12-10-22)42-21-30(36)31-19-25-6-5-17-41-25/h3-18H,19-21H2,1-2H3,(H,31,36)(H,33,35)/b32-18-. The molecule has 13 heteroatoms. The second-order valence-corrected chi connectivity index (χ2v) is 10.7. The van der Waals surface area contributed by atoms with Crippen LogP contribution < -0.4 is 29.3 Å². The van der Waals surface area contributed by atoms with Crippen molar-refractivity contribution in [3.63, 3.8) is 0 Å². The summed E-state index contributed by atoms with van der Waals surface area (Å²) in [6, 6.07) is 22.5. The first kappa shape index (κ1) is 30.7. The van der Waals surface area contributed by atoms with Crippen LogP contribution in [0.4, 0.5) is 5.69 Å². The van der Waals surface area contributed by atoms with E-state index in [4.69, 9.17) is 18.6 Å². The van der Waals surface area contributed by atoms with Gasteiger partial charge in [-0.2, -0.15) is 5.10 Å². The monoisotopic (exact) mass is 606 g/mol. The van der Waals surface area contributed by atoms with E-state index in [1.165, 1.54) is 51.0 Å². The summed E-state index contributed by atoms with van der Waals surface area (Å²) in [4.78, 5) is 24.8. The molecule has 4 rings (SSSR count). The molecule has 2 amide bonds. The number of sulfonamides is 1. The lowest BCUT2D eigenvalue weighted by atomic mass is 10.2. The van der Waals surface area contributed by atoms with E-state index in [1.54, 1.807) is 60.7 Å². The lowest BCUT2D eigenvalue weighted by Gasteiger charge is -2.25. The highest BCUT2D eigenvalue weighted by Gasteiger charge is 2.29. The molecule has 0 spiro atoms. The molecule has 1 heterocycles. The quantitative estimate of drug-likeness (QED) is 0.164. The largest absolute Gasteiger partial charge is 0.497 e. The summed E-state index contributed by atoms with van der Waals surface area (Å²) in [7, 11) is -1.29. The van der Waals surface area contributed by atoms with Crippen molar-refractivity contribution in [3.8, 4) is 17.2 Å². The molecule has 0 radical (unpaired) electrons. The van der Waals surface area contributed by atoms with Crippen molar-refractivity contribution in [1.29, 1.82) is 0 Å². The van der Waals surface area contributed by atoms with Crippen LogP contribution in [0.25, 0.3) is 0 Å². The number of carbonyl (C=O) groups is 2. The molecule has 0 atom stereocenters. The second-order valence-electron chi connectivity index (χ2n) is 8.87. The Balaban J connectivity index is 1.37. The Labute approximate surface area is 248 Å². The van der Waals surface area contributed by atoms with Gasteiger partial charge in [-0.1, -0.05) is 12.1 Å². The number of nitrogens with zero attached hydrogens (tertiary/aromatic N) is 2. The van der Waals surface area contributed by atoms with Gasteiger partial charge in [0.25, 0.3) is 21.8 Å². The van der Waals surface area contributed by atoms with Crippen molar-refractivity contribution in [2.75, 3.05) is 31.7 Å². The number of hydrogen-bond donors (Lipinski definition) is 2. The summed E-state index contributed by atoms with van der Waals surface area (Å²) in [5.74, 6) is 0.871. The molecule has 1 aromatic heterocycles. The highest BCUT2D eigenvalue weighted by Crippen LogP contribution is 2.32. The zero-order chi connectivity index (χ0) is 30.7. The first-order valence-electron chi connectivity index (χ1n) is 12.9. The smallest absolute Gasteiger partial charge is 0.264 e. The zero-order valence-corrected chi connectivity index (χ0v) is 24.2. The van der Waals surface area contributed by atoms with Crippen molar-refractivity contribution in [2.24, 2.45) is 5.10 Å². The van der Waals surface area contributed by atoms with Crippen molar-refractivity contribution in [2.45, 2.75) is 11.4 Å². The van der Waals surface area contributed by atoms with Crippen LogP contribution in [0, 0.1) is 0 Å². The molecule has 4 aromatic rings. The van der Waals surface area contributed by atoms with Crippen molar-refractivity contribution < 1.29 is 36.6 Å². The van der Waals surface area contributed by atoms with Crippen LogP contribution >= 0.6 is 0 Å². The average molecular weight is 607 g/mol. The number of furan rings is 1. The van der Waals surface area contributed by atoms with E-state index >= 15 is 0 Å². The summed E-state index contributed by atoms with van der Waals surface area (Å²) >= 11 is 0. The van der Waals surface area contributed by atoms with Crippen LogP contribution in [0.1, 0.15) is 11.3 Å². The Kier molecular flexibility index (Phi) is 10.4. The number of rotatable bonds is 14. The molecule has 0 aliphatic carbocycles. The van der Waals surface area contributed by atoms with Gasteiger partial charge in [-0.3, -0.25) is 13.9 Å². The summed E-state index contributed by atoms with van der Waals surface area (Å²) in [5.41, 5.74) is 3.18. The molecule has 0 bridgehead atoms. The zero-order valence-electron chi connectivity index (χ0n) is 23.4. The molecule has 0 fully saturated rings. The van der Waals surface area contributed by atoms with Gasteiger partial charge in [0.2, 0.25) is 0 Å². The van der Waals surface area contributed by atoms with Crippen molar-refractivity contribution in [3.05, 3.63) is 103 Å². The minimum absolute atomic E-state index is 0.0344. The van der Waals surface area contributed by atoms with Crippen LogP contribution in [0.5, 0.6) is 17.2 Å². The number of nitrogens with one attached hydrogen (secondary N) is 2. The normalized spacial score (nSPS) is 11.1. The van der Waals surface area contributed by atoms with E-state index in [2.05, 4.69) is 15.8 Å². The average Bonchev–Trinajstić information content (AvgIpc) is 3.56. The van der Waals surface area contributed by atoms with E-state index in [0.717, 1.165) is 4.31 Å². The number of carbonyl (C=O) groups excluding carboxylic acids is 2. The van der Waals surface area contributed by atoms with Gasteiger partial charge in [0.1, 0.15) is 29.6 Å². The highest BCUT2D eigenvalue weighted by molar-refractivity contribution is 7.92. The molecule has 43 heavy (non-hydrogen) atoms. The van der Waals surface area contributed by atoms with Gasteiger partial charge in [-0.25, -0.2) is 13.8 Å². The lowest BCUT2D eigenvalue weighted by Crippen LogP contribution is -2.39. The van der Waals surface area contributed by atoms with Gasteiger partial charge in [-0.15, -0.1) is 0 Å². The SMILES string of the molecule is COc1ccc(S(=O)(=O)N(CC(=O)N/N=C\c2ccc(OCC(=O)NCc3ccco3)cc2)c2ccccc2OC)cc1. The molecular weight excluding hydrogens is 576 g/mol. The second kappa shape index (κ2) is 14.5. The van der Waals surface area contributed by atoms with E-state index in [9.17, 15) is 18.0 Å². The lowest BCUT2D eigenvalue weighted by molar-refractivity contribution is -0.123. The molecule has 0 saturated heterocycles. The van der Waals surface area contributed by atoms with Crippen molar-refractivity contribution >= 4 is 33.7 Å². The third-order valence-electron chi connectivity index (χ3n) is 5.98. The maximum Gasteiger partial charge on any atom is 0.264 e. The molecule has 2 N–H and O–H groups in total. The summed E-state index contributed by atoms with van der Waals surface area (Å²) in [6.07, 6.45) is 2.92. The summed E-state index contributed by atoms with van der Waals surface area (Å²) in [5, 5.41) is 6.64. The van der Waals surface area contributed by atoms with E-state index in [0.29, 0.717) is 22.8 Å². The topological polar surface area (TPSA) is 149 Å². The van der Waals surface area contributed by atoms with Gasteiger partial charge in [0.15, 0.2) is 6.61 Å². The number of para-hydroxylation sites is 2. The maximum absolute atomic E-state index is 13.6. The Hall–Kier alpha value is -5.30. The fourth-order valence-electron chi connectivity index (χ4n) is 3.80. The van der Waals surface area contributed by atoms with Crippen LogP contribution in [0.2, 0.25) is 0 Å². The van der Waals surface area contributed by atoms with Crippen LogP contribution in [-0.2, 0) is 26.2 Å². The third-order valence-corrected chi connectivity index (χ3v) is 7.76. The maximum atomic E-state index is 13.6. The fraction of sp³-hybridized carbons (Fsp3) is 0.167. The first-order chi connectivity index (χ1) is 20.8. The number of methoxy groups -OCH3 is 2. The fourth-order valence-corrected chi connectivity index (χ4v) is 5.24. The van der Waals surface area contributed by atoms with Gasteiger partial charge >= 0.3 is 0 Å². The van der Waals surface area contributed by atoms with Gasteiger partial charge in [-0.05, 0) is 78.4 Å². The number of ether oxygens (including phenoxy) is 3. The number of hydrazone groups is 1. The molecule has 0 aliphatic heterocycles. The Morgan fingerprint density at radius 2 is 1.60 bits per heavy atom. The first-order valence-corrected chi connectivity index (χ1v) is 14.4. The minimum atomic E-state index is -4.18. The van der Waals surface area contributed by atoms with E-state index in [-0.39, 0.29) is 35.4 Å². The minimum Gasteiger partial charge on any atom is -0.497 e. The van der Waals surface area contributed by atoms with Crippen molar-refractivity contribution in [1.82, 2.24) is 10.7 Å².